The first kappa shape index (κ1) is 14.8. The molecular weight excluding hydrogens is 298 g/mol. The Balaban J connectivity index is 3.10. The van der Waals surface area contributed by atoms with Crippen molar-refractivity contribution in [3.63, 3.8) is 0 Å². The quantitative estimate of drug-likeness (QED) is 0.784. The standard InChI is InChI=1S/C13H18BrNO3/c1-9(8-14)15(2)13(16)11-7-10(17-3)5-6-12(11)18-4/h5-7,9H,8H2,1-4H3. The molecule has 0 aromatic heterocycles. The minimum Gasteiger partial charge on any atom is -0.497 e. The molecule has 5 heteroatoms. The number of ether oxygens (including phenoxy) is 2. The molecule has 1 rings (SSSR count). The fourth-order valence-corrected chi connectivity index (χ4v) is 1.91. The molecule has 4 nitrogen and oxygen atoms in total. The normalized spacial score (nSPS) is 11.8. The third-order valence-electron chi connectivity index (χ3n) is 2.84. The Morgan fingerprint density at radius 2 is 2.06 bits per heavy atom. The number of methoxy groups -OCH3 is 2. The van der Waals surface area contributed by atoms with Gasteiger partial charge in [0, 0.05) is 18.4 Å². The summed E-state index contributed by atoms with van der Waals surface area (Å²) in [6.45, 7) is 1.97. The summed E-state index contributed by atoms with van der Waals surface area (Å²) < 4.78 is 10.4. The maximum atomic E-state index is 12.4. The van der Waals surface area contributed by atoms with Crippen molar-refractivity contribution in [3.8, 4) is 11.5 Å². The lowest BCUT2D eigenvalue weighted by molar-refractivity contribution is 0.0754. The molecule has 1 aromatic carbocycles. The third kappa shape index (κ3) is 3.16. The number of hydrogen-bond donors (Lipinski definition) is 0. The minimum atomic E-state index is -0.0855. The molecule has 0 aliphatic heterocycles. The van der Waals surface area contributed by atoms with Crippen molar-refractivity contribution in [2.45, 2.75) is 13.0 Å². The molecule has 0 spiro atoms. The smallest absolute Gasteiger partial charge is 0.257 e. The van der Waals surface area contributed by atoms with Crippen LogP contribution in [0.25, 0.3) is 0 Å². The molecule has 0 fully saturated rings. The van der Waals surface area contributed by atoms with Gasteiger partial charge >= 0.3 is 0 Å². The van der Waals surface area contributed by atoms with Gasteiger partial charge in [0.25, 0.3) is 5.91 Å². The molecule has 1 amide bonds. The lowest BCUT2D eigenvalue weighted by atomic mass is 10.1. The molecule has 1 atom stereocenters. The van der Waals surface area contributed by atoms with Gasteiger partial charge in [-0.15, -0.1) is 0 Å². The van der Waals surface area contributed by atoms with Crippen LogP contribution in [0, 0.1) is 0 Å². The topological polar surface area (TPSA) is 38.8 Å². The molecular formula is C13H18BrNO3. The average molecular weight is 316 g/mol. The van der Waals surface area contributed by atoms with Gasteiger partial charge in [-0.3, -0.25) is 4.79 Å². The first-order valence-electron chi connectivity index (χ1n) is 5.60. The first-order chi connectivity index (χ1) is 8.54. The molecule has 0 saturated carbocycles. The van der Waals surface area contributed by atoms with Gasteiger partial charge in [0.1, 0.15) is 11.5 Å². The van der Waals surface area contributed by atoms with Crippen molar-refractivity contribution >= 4 is 21.8 Å². The van der Waals surface area contributed by atoms with Crippen LogP contribution in [0.1, 0.15) is 17.3 Å². The second-order valence-corrected chi connectivity index (χ2v) is 4.63. The van der Waals surface area contributed by atoms with E-state index in [4.69, 9.17) is 9.47 Å². The first-order valence-corrected chi connectivity index (χ1v) is 6.72. The molecule has 1 unspecified atom stereocenters. The van der Waals surface area contributed by atoms with E-state index in [0.717, 1.165) is 5.33 Å². The molecule has 0 saturated heterocycles. The van der Waals surface area contributed by atoms with Gasteiger partial charge in [0.05, 0.1) is 19.8 Å². The molecule has 0 aliphatic carbocycles. The number of benzene rings is 1. The van der Waals surface area contributed by atoms with E-state index in [-0.39, 0.29) is 11.9 Å². The van der Waals surface area contributed by atoms with Crippen LogP contribution in [0.3, 0.4) is 0 Å². The zero-order chi connectivity index (χ0) is 13.7. The van der Waals surface area contributed by atoms with Gasteiger partial charge < -0.3 is 14.4 Å². The minimum absolute atomic E-state index is 0.0855. The van der Waals surface area contributed by atoms with Crippen LogP contribution in [0.5, 0.6) is 11.5 Å². The SMILES string of the molecule is COc1ccc(OC)c(C(=O)N(C)C(C)CBr)c1. The lowest BCUT2D eigenvalue weighted by Gasteiger charge is -2.24. The fraction of sp³-hybridized carbons (Fsp3) is 0.462. The van der Waals surface area contributed by atoms with Gasteiger partial charge in [0.2, 0.25) is 0 Å². The maximum Gasteiger partial charge on any atom is 0.257 e. The molecule has 1 aromatic rings. The Morgan fingerprint density at radius 3 is 2.56 bits per heavy atom. The maximum absolute atomic E-state index is 12.4. The molecule has 18 heavy (non-hydrogen) atoms. The van der Waals surface area contributed by atoms with Crippen molar-refractivity contribution in [2.24, 2.45) is 0 Å². The number of carbonyl (C=O) groups is 1. The average Bonchev–Trinajstić information content (AvgIpc) is 2.43. The van der Waals surface area contributed by atoms with Crippen LogP contribution in [0.2, 0.25) is 0 Å². The van der Waals surface area contributed by atoms with Crippen LogP contribution in [-0.4, -0.2) is 43.4 Å². The van der Waals surface area contributed by atoms with E-state index in [1.807, 2.05) is 6.92 Å². The van der Waals surface area contributed by atoms with Crippen molar-refractivity contribution in [3.05, 3.63) is 23.8 Å². The number of carbonyl (C=O) groups excluding carboxylic acids is 1. The van der Waals surface area contributed by atoms with Gasteiger partial charge in [-0.25, -0.2) is 0 Å². The predicted octanol–water partition coefficient (Wildman–Crippen LogP) is 2.56. The molecule has 0 N–H and O–H groups in total. The van der Waals surface area contributed by atoms with E-state index in [1.54, 1.807) is 44.4 Å². The fourth-order valence-electron chi connectivity index (χ4n) is 1.47. The number of halogens is 1. The Hall–Kier alpha value is -1.23. The number of rotatable bonds is 5. The highest BCUT2D eigenvalue weighted by atomic mass is 79.9. The monoisotopic (exact) mass is 315 g/mol. The molecule has 0 bridgehead atoms. The van der Waals surface area contributed by atoms with Gasteiger partial charge in [-0.2, -0.15) is 0 Å². The van der Waals surface area contributed by atoms with Crippen molar-refractivity contribution in [1.29, 1.82) is 0 Å². The second kappa shape index (κ2) is 6.64. The summed E-state index contributed by atoms with van der Waals surface area (Å²) in [5.74, 6) is 1.10. The number of nitrogens with zero attached hydrogens (tertiary/aromatic N) is 1. The van der Waals surface area contributed by atoms with Gasteiger partial charge in [0.15, 0.2) is 0 Å². The van der Waals surface area contributed by atoms with E-state index in [0.29, 0.717) is 17.1 Å². The van der Waals surface area contributed by atoms with Gasteiger partial charge in [-0.1, -0.05) is 15.9 Å². The Morgan fingerprint density at radius 1 is 1.39 bits per heavy atom. The summed E-state index contributed by atoms with van der Waals surface area (Å²) >= 11 is 3.37. The van der Waals surface area contributed by atoms with Crippen LogP contribution < -0.4 is 9.47 Å². The summed E-state index contributed by atoms with van der Waals surface area (Å²) in [6, 6.07) is 5.30. The largest absolute Gasteiger partial charge is 0.497 e. The Labute approximate surface area is 116 Å². The highest BCUT2D eigenvalue weighted by Crippen LogP contribution is 2.25. The highest BCUT2D eigenvalue weighted by Gasteiger charge is 2.20. The zero-order valence-electron chi connectivity index (χ0n) is 11.1. The van der Waals surface area contributed by atoms with Crippen LogP contribution in [0.4, 0.5) is 0 Å². The summed E-state index contributed by atoms with van der Waals surface area (Å²) in [5.41, 5.74) is 0.507. The molecule has 0 heterocycles. The van der Waals surface area contributed by atoms with E-state index in [1.165, 1.54) is 0 Å². The van der Waals surface area contributed by atoms with Crippen molar-refractivity contribution in [1.82, 2.24) is 4.90 Å². The van der Waals surface area contributed by atoms with Gasteiger partial charge in [-0.05, 0) is 25.1 Å². The van der Waals surface area contributed by atoms with E-state index in [2.05, 4.69) is 15.9 Å². The summed E-state index contributed by atoms with van der Waals surface area (Å²) in [6.07, 6.45) is 0. The summed E-state index contributed by atoms with van der Waals surface area (Å²) in [7, 11) is 4.89. The third-order valence-corrected chi connectivity index (χ3v) is 3.78. The van der Waals surface area contributed by atoms with Crippen LogP contribution in [-0.2, 0) is 0 Å². The van der Waals surface area contributed by atoms with E-state index < -0.39 is 0 Å². The van der Waals surface area contributed by atoms with Crippen molar-refractivity contribution in [2.75, 3.05) is 26.6 Å². The summed E-state index contributed by atoms with van der Waals surface area (Å²) in [4.78, 5) is 14.0. The Kier molecular flexibility index (Phi) is 5.47. The van der Waals surface area contributed by atoms with E-state index >= 15 is 0 Å². The van der Waals surface area contributed by atoms with Crippen molar-refractivity contribution < 1.29 is 14.3 Å². The lowest BCUT2D eigenvalue weighted by Crippen LogP contribution is -2.36. The number of alkyl halides is 1. The summed E-state index contributed by atoms with van der Waals surface area (Å²) in [5, 5.41) is 0.724. The Bertz CT molecular complexity index is 423. The number of hydrogen-bond acceptors (Lipinski definition) is 3. The molecule has 0 aliphatic rings. The molecule has 100 valence electrons. The van der Waals surface area contributed by atoms with Crippen LogP contribution >= 0.6 is 15.9 Å². The molecule has 0 radical (unpaired) electrons. The predicted molar refractivity (Wildman–Crippen MR) is 74.9 cm³/mol. The number of amides is 1. The van der Waals surface area contributed by atoms with Crippen LogP contribution in [0.15, 0.2) is 18.2 Å². The second-order valence-electron chi connectivity index (χ2n) is 3.99. The van der Waals surface area contributed by atoms with E-state index in [9.17, 15) is 4.79 Å². The zero-order valence-corrected chi connectivity index (χ0v) is 12.7. The highest BCUT2D eigenvalue weighted by molar-refractivity contribution is 9.09.